The summed E-state index contributed by atoms with van der Waals surface area (Å²) in [7, 11) is 0. The molecule has 1 aromatic rings. The highest BCUT2D eigenvalue weighted by molar-refractivity contribution is 6.04. The van der Waals surface area contributed by atoms with Crippen LogP contribution in [0.3, 0.4) is 0 Å². The van der Waals surface area contributed by atoms with Crippen molar-refractivity contribution in [2.75, 3.05) is 11.4 Å². The Bertz CT molecular complexity index is 474. The lowest BCUT2D eigenvalue weighted by molar-refractivity contribution is -0.119. The van der Waals surface area contributed by atoms with E-state index < -0.39 is 17.7 Å². The number of nitrogens with two attached hydrogens (primary N) is 1. The van der Waals surface area contributed by atoms with Gasteiger partial charge in [-0.05, 0) is 12.0 Å². The maximum Gasteiger partial charge on any atom is 0.248 e. The normalized spacial score (nSPS) is 19.1. The van der Waals surface area contributed by atoms with Crippen LogP contribution in [0.1, 0.15) is 25.5 Å². The van der Waals surface area contributed by atoms with E-state index in [0.29, 0.717) is 6.54 Å². The lowest BCUT2D eigenvalue weighted by Crippen LogP contribution is -2.34. The fourth-order valence-electron chi connectivity index (χ4n) is 2.07. The van der Waals surface area contributed by atoms with Crippen molar-refractivity contribution in [2.45, 2.75) is 19.9 Å². The van der Waals surface area contributed by atoms with Crippen molar-refractivity contribution in [3.8, 4) is 0 Å². The summed E-state index contributed by atoms with van der Waals surface area (Å²) in [5.74, 6) is -1.64. The highest BCUT2D eigenvalue weighted by Gasteiger charge is 2.37. The van der Waals surface area contributed by atoms with Crippen LogP contribution >= 0.6 is 0 Å². The summed E-state index contributed by atoms with van der Waals surface area (Å²) in [4.78, 5) is 13.2. The molecule has 0 aliphatic carbocycles. The van der Waals surface area contributed by atoms with Gasteiger partial charge in [0.15, 0.2) is 0 Å². The molecule has 1 atom stereocenters. The number of hydrogen-bond donors (Lipinski definition) is 1. The number of carbonyl (C=O) groups is 1. The van der Waals surface area contributed by atoms with Crippen molar-refractivity contribution in [1.29, 1.82) is 0 Å². The number of halogens is 2. The molecule has 0 saturated carbocycles. The number of hydrogen-bond acceptors (Lipinski definition) is 2. The molecule has 0 spiro atoms. The first-order valence-electron chi connectivity index (χ1n) is 5.47. The van der Waals surface area contributed by atoms with Crippen LogP contribution in [-0.4, -0.2) is 12.5 Å². The Morgan fingerprint density at radius 2 is 2.06 bits per heavy atom. The molecule has 17 heavy (non-hydrogen) atoms. The average Bonchev–Trinajstić information content (AvgIpc) is 2.43. The molecule has 0 aromatic heterocycles. The van der Waals surface area contributed by atoms with Crippen LogP contribution in [0.25, 0.3) is 0 Å². The van der Waals surface area contributed by atoms with Crippen molar-refractivity contribution in [2.24, 2.45) is 11.7 Å². The molecule has 0 saturated heterocycles. The second-order valence-corrected chi connectivity index (χ2v) is 4.65. The molecule has 1 aliphatic rings. The Morgan fingerprint density at radius 3 is 2.65 bits per heavy atom. The smallest absolute Gasteiger partial charge is 0.248 e. The first-order valence-corrected chi connectivity index (χ1v) is 5.47. The van der Waals surface area contributed by atoms with E-state index >= 15 is 0 Å². The fraction of sp³-hybridized carbons (Fsp3) is 0.417. The van der Waals surface area contributed by atoms with Crippen molar-refractivity contribution in [3.05, 3.63) is 29.3 Å². The summed E-state index contributed by atoms with van der Waals surface area (Å²) in [5.41, 5.74) is 6.02. The Morgan fingerprint density at radius 1 is 1.41 bits per heavy atom. The lowest BCUT2D eigenvalue weighted by Gasteiger charge is -2.20. The van der Waals surface area contributed by atoms with Crippen LogP contribution in [0, 0.1) is 17.6 Å². The molecule has 1 aliphatic heterocycles. The van der Waals surface area contributed by atoms with E-state index in [2.05, 4.69) is 0 Å². The number of rotatable bonds is 2. The molecular formula is C12H14F2N2O. The molecule has 92 valence electrons. The second-order valence-electron chi connectivity index (χ2n) is 4.65. The Kier molecular flexibility index (Phi) is 2.87. The Labute approximate surface area is 98.2 Å². The number of amides is 1. The maximum absolute atomic E-state index is 13.7. The summed E-state index contributed by atoms with van der Waals surface area (Å²) >= 11 is 0. The first-order chi connectivity index (χ1) is 7.91. The van der Waals surface area contributed by atoms with Gasteiger partial charge in [-0.1, -0.05) is 13.8 Å². The van der Waals surface area contributed by atoms with Gasteiger partial charge in [0, 0.05) is 18.2 Å². The van der Waals surface area contributed by atoms with Gasteiger partial charge >= 0.3 is 0 Å². The van der Waals surface area contributed by atoms with Gasteiger partial charge in [-0.25, -0.2) is 8.78 Å². The Balaban J connectivity index is 2.52. The third kappa shape index (κ3) is 1.91. The van der Waals surface area contributed by atoms with Gasteiger partial charge < -0.3 is 10.6 Å². The first kappa shape index (κ1) is 12.0. The topological polar surface area (TPSA) is 46.3 Å². The van der Waals surface area contributed by atoms with E-state index in [4.69, 9.17) is 5.73 Å². The second kappa shape index (κ2) is 4.07. The lowest BCUT2D eigenvalue weighted by atomic mass is 10.1. The van der Waals surface area contributed by atoms with E-state index in [1.54, 1.807) is 0 Å². The summed E-state index contributed by atoms with van der Waals surface area (Å²) in [6.07, 6.45) is 0. The molecule has 2 rings (SSSR count). The molecule has 2 N–H and O–H groups in total. The maximum atomic E-state index is 13.7. The van der Waals surface area contributed by atoms with Crippen molar-refractivity contribution >= 4 is 11.6 Å². The van der Waals surface area contributed by atoms with Crippen LogP contribution in [0.2, 0.25) is 0 Å². The van der Waals surface area contributed by atoms with Gasteiger partial charge in [0.25, 0.3) is 0 Å². The molecule has 1 unspecified atom stereocenters. The van der Waals surface area contributed by atoms with E-state index in [-0.39, 0.29) is 23.1 Å². The van der Waals surface area contributed by atoms with Gasteiger partial charge in [0.1, 0.15) is 17.7 Å². The van der Waals surface area contributed by atoms with Gasteiger partial charge in [-0.2, -0.15) is 0 Å². The van der Waals surface area contributed by atoms with Crippen LogP contribution in [-0.2, 0) is 4.79 Å². The molecule has 1 heterocycles. The zero-order valence-electron chi connectivity index (χ0n) is 9.71. The largest absolute Gasteiger partial charge is 0.316 e. The summed E-state index contributed by atoms with van der Waals surface area (Å²) in [6, 6.07) is 0.938. The molecule has 3 nitrogen and oxygen atoms in total. The Hall–Kier alpha value is -1.49. The van der Waals surface area contributed by atoms with Crippen LogP contribution in [0.15, 0.2) is 12.1 Å². The molecular weight excluding hydrogens is 226 g/mol. The predicted octanol–water partition coefficient (Wildman–Crippen LogP) is 1.97. The zero-order valence-corrected chi connectivity index (χ0v) is 9.71. The molecule has 5 heteroatoms. The van der Waals surface area contributed by atoms with E-state index in [1.807, 2.05) is 13.8 Å². The third-order valence-corrected chi connectivity index (χ3v) is 2.74. The van der Waals surface area contributed by atoms with Crippen LogP contribution < -0.4 is 10.6 Å². The quantitative estimate of drug-likeness (QED) is 0.859. The molecule has 0 bridgehead atoms. The highest BCUT2D eigenvalue weighted by Crippen LogP contribution is 2.37. The van der Waals surface area contributed by atoms with Gasteiger partial charge in [0.2, 0.25) is 5.91 Å². The molecule has 1 aromatic carbocycles. The van der Waals surface area contributed by atoms with Crippen molar-refractivity contribution < 1.29 is 13.6 Å². The predicted molar refractivity (Wildman–Crippen MR) is 60.5 cm³/mol. The summed E-state index contributed by atoms with van der Waals surface area (Å²) < 4.78 is 26.8. The third-order valence-electron chi connectivity index (χ3n) is 2.74. The minimum Gasteiger partial charge on any atom is -0.316 e. The summed E-state index contributed by atoms with van der Waals surface area (Å²) in [6.45, 7) is 4.21. The average molecular weight is 240 g/mol. The van der Waals surface area contributed by atoms with Crippen molar-refractivity contribution in [3.63, 3.8) is 0 Å². The number of fused-ring (bicyclic) bond motifs is 1. The number of carbonyl (C=O) groups excluding carboxylic acids is 1. The van der Waals surface area contributed by atoms with Gasteiger partial charge in [-0.15, -0.1) is 0 Å². The minimum absolute atomic E-state index is 0.123. The number of nitrogens with zero attached hydrogens (tertiary/aromatic N) is 1. The van der Waals surface area contributed by atoms with E-state index in [0.717, 1.165) is 12.1 Å². The standard InChI is InChI=1S/C12H14F2N2O/c1-6(2)5-16-11-8(10(15)12(16)17)3-7(13)4-9(11)14/h3-4,6,10H,5,15H2,1-2H3. The van der Waals surface area contributed by atoms with E-state index in [1.165, 1.54) is 4.90 Å². The fourth-order valence-corrected chi connectivity index (χ4v) is 2.07. The molecule has 0 radical (unpaired) electrons. The van der Waals surface area contributed by atoms with Crippen molar-refractivity contribution in [1.82, 2.24) is 0 Å². The van der Waals surface area contributed by atoms with Crippen LogP contribution in [0.5, 0.6) is 0 Å². The SMILES string of the molecule is CC(C)CN1C(=O)C(N)c2cc(F)cc(F)c21. The molecule has 0 fully saturated rings. The zero-order chi connectivity index (χ0) is 12.7. The monoisotopic (exact) mass is 240 g/mol. The minimum atomic E-state index is -0.964. The number of benzene rings is 1. The van der Waals surface area contributed by atoms with Gasteiger partial charge in [-0.3, -0.25) is 4.79 Å². The van der Waals surface area contributed by atoms with E-state index in [9.17, 15) is 13.6 Å². The number of anilines is 1. The molecule has 1 amide bonds. The van der Waals surface area contributed by atoms with Crippen LogP contribution in [0.4, 0.5) is 14.5 Å². The highest BCUT2D eigenvalue weighted by atomic mass is 19.1. The summed E-state index contributed by atoms with van der Waals surface area (Å²) in [5, 5.41) is 0. The van der Waals surface area contributed by atoms with Gasteiger partial charge in [0.05, 0.1) is 5.69 Å².